The predicted molar refractivity (Wildman–Crippen MR) is 76.4 cm³/mol. The lowest BCUT2D eigenvalue weighted by Crippen LogP contribution is -2.02. The lowest BCUT2D eigenvalue weighted by atomic mass is 10.1. The number of nitrogens with two attached hydrogens (primary N) is 1. The van der Waals surface area contributed by atoms with Crippen LogP contribution in [-0.4, -0.2) is 7.11 Å². The maximum atomic E-state index is 13.1. The maximum absolute atomic E-state index is 13.1. The highest BCUT2D eigenvalue weighted by Crippen LogP contribution is 2.29. The van der Waals surface area contributed by atoms with Crippen LogP contribution in [-0.2, 0) is 13.2 Å². The van der Waals surface area contributed by atoms with Crippen molar-refractivity contribution in [2.24, 2.45) is 5.73 Å². The van der Waals surface area contributed by atoms with Gasteiger partial charge in [-0.15, -0.1) is 0 Å². The summed E-state index contributed by atoms with van der Waals surface area (Å²) in [5.74, 6) is 1.05. The maximum Gasteiger partial charge on any atom is 0.161 e. The van der Waals surface area contributed by atoms with E-state index in [1.807, 2.05) is 25.1 Å². The molecule has 0 atom stereocenters. The van der Waals surface area contributed by atoms with Crippen LogP contribution in [0.2, 0.25) is 0 Å². The Labute approximate surface area is 118 Å². The molecule has 0 spiro atoms. The third-order valence-corrected chi connectivity index (χ3v) is 3.15. The zero-order chi connectivity index (χ0) is 14.5. The molecule has 0 amide bonds. The molecule has 0 heterocycles. The SMILES string of the molecule is COc1ccc(CN)cc1OCc1ccc(F)cc1C. The molecule has 2 aromatic rings. The fourth-order valence-electron chi connectivity index (χ4n) is 1.94. The Bertz CT molecular complexity index is 599. The van der Waals surface area contributed by atoms with Crippen molar-refractivity contribution in [1.29, 1.82) is 0 Å². The monoisotopic (exact) mass is 275 g/mol. The number of rotatable bonds is 5. The Hall–Kier alpha value is -2.07. The van der Waals surface area contributed by atoms with E-state index < -0.39 is 0 Å². The van der Waals surface area contributed by atoms with Crippen LogP contribution < -0.4 is 15.2 Å². The summed E-state index contributed by atoms with van der Waals surface area (Å²) in [6.07, 6.45) is 0. The first kappa shape index (κ1) is 14.3. The van der Waals surface area contributed by atoms with Crippen molar-refractivity contribution in [3.05, 3.63) is 58.9 Å². The highest BCUT2D eigenvalue weighted by Gasteiger charge is 2.07. The van der Waals surface area contributed by atoms with E-state index in [9.17, 15) is 4.39 Å². The molecule has 0 aliphatic carbocycles. The summed E-state index contributed by atoms with van der Waals surface area (Å²) in [4.78, 5) is 0. The van der Waals surface area contributed by atoms with Gasteiger partial charge in [-0.2, -0.15) is 0 Å². The standard InChI is InChI=1S/C16H18FNO2/c1-11-7-14(17)5-4-13(11)10-20-16-8-12(9-18)3-6-15(16)19-2/h3-8H,9-10,18H2,1-2H3. The molecular formula is C16H18FNO2. The minimum Gasteiger partial charge on any atom is -0.493 e. The molecule has 0 saturated carbocycles. The molecule has 0 aromatic heterocycles. The summed E-state index contributed by atoms with van der Waals surface area (Å²) in [6.45, 7) is 2.65. The summed E-state index contributed by atoms with van der Waals surface area (Å²) in [7, 11) is 1.59. The second-order valence-electron chi connectivity index (χ2n) is 4.55. The van der Waals surface area contributed by atoms with E-state index in [4.69, 9.17) is 15.2 Å². The summed E-state index contributed by atoms with van der Waals surface area (Å²) in [5, 5.41) is 0. The fraction of sp³-hybridized carbons (Fsp3) is 0.250. The van der Waals surface area contributed by atoms with Crippen molar-refractivity contribution in [1.82, 2.24) is 0 Å². The van der Waals surface area contributed by atoms with Gasteiger partial charge in [0.25, 0.3) is 0 Å². The van der Waals surface area contributed by atoms with Crippen molar-refractivity contribution in [3.8, 4) is 11.5 Å². The van der Waals surface area contributed by atoms with E-state index in [-0.39, 0.29) is 5.82 Å². The smallest absolute Gasteiger partial charge is 0.161 e. The molecule has 0 saturated heterocycles. The number of hydrogen-bond donors (Lipinski definition) is 1. The Morgan fingerprint density at radius 3 is 2.55 bits per heavy atom. The molecule has 2 aromatic carbocycles. The van der Waals surface area contributed by atoms with E-state index in [0.717, 1.165) is 16.7 Å². The van der Waals surface area contributed by atoms with Crippen molar-refractivity contribution in [2.75, 3.05) is 7.11 Å². The second-order valence-corrected chi connectivity index (χ2v) is 4.55. The van der Waals surface area contributed by atoms with Gasteiger partial charge in [-0.25, -0.2) is 4.39 Å². The number of ether oxygens (including phenoxy) is 2. The molecule has 0 unspecified atom stereocenters. The predicted octanol–water partition coefficient (Wildman–Crippen LogP) is 3.18. The summed E-state index contributed by atoms with van der Waals surface area (Å²) in [6, 6.07) is 10.2. The van der Waals surface area contributed by atoms with Crippen LogP contribution in [0.4, 0.5) is 4.39 Å². The molecule has 3 nitrogen and oxygen atoms in total. The van der Waals surface area contributed by atoms with Gasteiger partial charge in [0.2, 0.25) is 0 Å². The molecule has 4 heteroatoms. The molecule has 2 rings (SSSR count). The third kappa shape index (κ3) is 3.27. The van der Waals surface area contributed by atoms with Gasteiger partial charge in [0.05, 0.1) is 7.11 Å². The van der Waals surface area contributed by atoms with Crippen molar-refractivity contribution in [2.45, 2.75) is 20.1 Å². The highest BCUT2D eigenvalue weighted by atomic mass is 19.1. The normalized spacial score (nSPS) is 10.4. The van der Waals surface area contributed by atoms with Crippen LogP contribution in [0.25, 0.3) is 0 Å². The minimum atomic E-state index is -0.242. The first-order valence-electron chi connectivity index (χ1n) is 6.39. The average Bonchev–Trinajstić information content (AvgIpc) is 2.46. The Balaban J connectivity index is 2.17. The summed E-state index contributed by atoms with van der Waals surface area (Å²) >= 11 is 0. The first-order chi connectivity index (χ1) is 9.63. The molecule has 0 radical (unpaired) electrons. The van der Waals surface area contributed by atoms with Gasteiger partial charge in [0.15, 0.2) is 11.5 Å². The van der Waals surface area contributed by atoms with Gasteiger partial charge in [-0.05, 0) is 47.9 Å². The van der Waals surface area contributed by atoms with Crippen LogP contribution >= 0.6 is 0 Å². The summed E-state index contributed by atoms with van der Waals surface area (Å²) < 4.78 is 24.1. The van der Waals surface area contributed by atoms with Gasteiger partial charge in [-0.1, -0.05) is 12.1 Å². The zero-order valence-electron chi connectivity index (χ0n) is 11.7. The molecule has 0 aliphatic heterocycles. The molecule has 106 valence electrons. The quantitative estimate of drug-likeness (QED) is 0.911. The minimum absolute atomic E-state index is 0.242. The third-order valence-electron chi connectivity index (χ3n) is 3.15. The van der Waals surface area contributed by atoms with Crippen LogP contribution in [0.15, 0.2) is 36.4 Å². The average molecular weight is 275 g/mol. The van der Waals surface area contributed by atoms with E-state index in [0.29, 0.717) is 24.7 Å². The van der Waals surface area contributed by atoms with Crippen molar-refractivity contribution >= 4 is 0 Å². The number of methoxy groups -OCH3 is 1. The molecule has 0 fully saturated rings. The van der Waals surface area contributed by atoms with Gasteiger partial charge in [0.1, 0.15) is 12.4 Å². The van der Waals surface area contributed by atoms with E-state index in [2.05, 4.69) is 0 Å². The summed E-state index contributed by atoms with van der Waals surface area (Å²) in [5.41, 5.74) is 8.39. The van der Waals surface area contributed by atoms with Gasteiger partial charge >= 0.3 is 0 Å². The Morgan fingerprint density at radius 2 is 1.90 bits per heavy atom. The largest absolute Gasteiger partial charge is 0.493 e. The highest BCUT2D eigenvalue weighted by molar-refractivity contribution is 5.43. The topological polar surface area (TPSA) is 44.5 Å². The lowest BCUT2D eigenvalue weighted by molar-refractivity contribution is 0.283. The number of halogens is 1. The fourth-order valence-corrected chi connectivity index (χ4v) is 1.94. The first-order valence-corrected chi connectivity index (χ1v) is 6.39. The molecule has 0 aliphatic rings. The lowest BCUT2D eigenvalue weighted by Gasteiger charge is -2.13. The molecule has 20 heavy (non-hydrogen) atoms. The van der Waals surface area contributed by atoms with E-state index in [1.165, 1.54) is 12.1 Å². The Kier molecular flexibility index (Phi) is 4.58. The van der Waals surface area contributed by atoms with Crippen LogP contribution in [0, 0.1) is 12.7 Å². The Morgan fingerprint density at radius 1 is 1.10 bits per heavy atom. The molecular weight excluding hydrogens is 257 g/mol. The van der Waals surface area contributed by atoms with E-state index >= 15 is 0 Å². The van der Waals surface area contributed by atoms with Crippen molar-refractivity contribution < 1.29 is 13.9 Å². The van der Waals surface area contributed by atoms with Gasteiger partial charge in [-0.3, -0.25) is 0 Å². The van der Waals surface area contributed by atoms with Crippen LogP contribution in [0.1, 0.15) is 16.7 Å². The number of hydrogen-bond acceptors (Lipinski definition) is 3. The second kappa shape index (κ2) is 6.39. The number of aryl methyl sites for hydroxylation is 1. The van der Waals surface area contributed by atoms with Gasteiger partial charge in [0, 0.05) is 6.54 Å². The van der Waals surface area contributed by atoms with Crippen LogP contribution in [0.5, 0.6) is 11.5 Å². The number of benzene rings is 2. The van der Waals surface area contributed by atoms with E-state index in [1.54, 1.807) is 13.2 Å². The van der Waals surface area contributed by atoms with Gasteiger partial charge < -0.3 is 15.2 Å². The zero-order valence-corrected chi connectivity index (χ0v) is 11.7. The molecule has 0 bridgehead atoms. The van der Waals surface area contributed by atoms with Crippen molar-refractivity contribution in [3.63, 3.8) is 0 Å². The molecule has 2 N–H and O–H groups in total. The van der Waals surface area contributed by atoms with Crippen LogP contribution in [0.3, 0.4) is 0 Å².